The maximum Gasteiger partial charge on any atom is 0.257 e. The lowest BCUT2D eigenvalue weighted by atomic mass is 9.98. The molecule has 8 nitrogen and oxygen atoms in total. The van der Waals surface area contributed by atoms with Crippen LogP contribution in [0, 0.1) is 0 Å². The van der Waals surface area contributed by atoms with Gasteiger partial charge in [0.05, 0.1) is 27.6 Å². The third-order valence-corrected chi connectivity index (χ3v) is 8.19. The molecule has 9 heteroatoms. The molecule has 3 amide bonds. The summed E-state index contributed by atoms with van der Waals surface area (Å²) in [4.78, 5) is 41.9. The Bertz CT molecular complexity index is 1230. The SMILES string of the molecule is CCS(=O)(=O)c1ccccc1NC(=O)CCCN1C(=O)c2ccccc2N2C(=O)CCC12C. The quantitative estimate of drug-likeness (QED) is 0.671. The number of amides is 3. The topological polar surface area (TPSA) is 104 Å². The minimum Gasteiger partial charge on any atom is -0.325 e. The number of rotatable bonds is 7. The highest BCUT2D eigenvalue weighted by Crippen LogP contribution is 2.44. The second kappa shape index (κ2) is 8.62. The molecule has 2 aliphatic heterocycles. The fourth-order valence-electron chi connectivity index (χ4n) is 4.65. The lowest BCUT2D eigenvalue weighted by Gasteiger charge is -2.48. The Hall–Kier alpha value is -3.20. The van der Waals surface area contributed by atoms with Gasteiger partial charge in [0.25, 0.3) is 5.91 Å². The second-order valence-corrected chi connectivity index (χ2v) is 10.7. The molecule has 174 valence electrons. The van der Waals surface area contributed by atoms with Gasteiger partial charge >= 0.3 is 0 Å². The van der Waals surface area contributed by atoms with Gasteiger partial charge in [-0.15, -0.1) is 0 Å². The van der Waals surface area contributed by atoms with E-state index in [1.54, 1.807) is 53.1 Å². The van der Waals surface area contributed by atoms with Crippen LogP contribution in [0.3, 0.4) is 0 Å². The van der Waals surface area contributed by atoms with Crippen LogP contribution in [0.1, 0.15) is 49.9 Å². The van der Waals surface area contributed by atoms with Crippen molar-refractivity contribution in [2.24, 2.45) is 0 Å². The summed E-state index contributed by atoms with van der Waals surface area (Å²) in [6, 6.07) is 13.4. The number of nitrogens with one attached hydrogen (secondary N) is 1. The van der Waals surface area contributed by atoms with E-state index in [2.05, 4.69) is 5.32 Å². The molecule has 1 N–H and O–H groups in total. The Morgan fingerprint density at radius 1 is 1.09 bits per heavy atom. The van der Waals surface area contributed by atoms with Gasteiger partial charge in [-0.3, -0.25) is 19.3 Å². The van der Waals surface area contributed by atoms with Crippen LogP contribution in [0.25, 0.3) is 0 Å². The smallest absolute Gasteiger partial charge is 0.257 e. The van der Waals surface area contributed by atoms with E-state index < -0.39 is 15.5 Å². The molecule has 2 aliphatic rings. The van der Waals surface area contributed by atoms with Crippen molar-refractivity contribution < 1.29 is 22.8 Å². The molecule has 4 rings (SSSR count). The van der Waals surface area contributed by atoms with E-state index in [1.165, 1.54) is 6.07 Å². The van der Waals surface area contributed by atoms with Crippen molar-refractivity contribution in [2.75, 3.05) is 22.5 Å². The van der Waals surface area contributed by atoms with Gasteiger partial charge in [-0.25, -0.2) is 8.42 Å². The number of hydrogen-bond acceptors (Lipinski definition) is 5. The van der Waals surface area contributed by atoms with Crippen LogP contribution in [-0.4, -0.2) is 49.0 Å². The monoisotopic (exact) mass is 469 g/mol. The highest BCUT2D eigenvalue weighted by molar-refractivity contribution is 7.91. The molecule has 33 heavy (non-hydrogen) atoms. The normalized spacial score (nSPS) is 19.9. The number of sulfone groups is 1. The zero-order chi connectivity index (χ0) is 23.8. The molecule has 0 radical (unpaired) electrons. The molecule has 1 atom stereocenters. The van der Waals surface area contributed by atoms with Gasteiger partial charge in [0.2, 0.25) is 11.8 Å². The third-order valence-electron chi connectivity index (χ3n) is 6.41. The maximum atomic E-state index is 13.2. The number of anilines is 2. The Morgan fingerprint density at radius 2 is 1.79 bits per heavy atom. The van der Waals surface area contributed by atoms with Crippen LogP contribution in [0.15, 0.2) is 53.4 Å². The molecular weight excluding hydrogens is 442 g/mol. The van der Waals surface area contributed by atoms with Crippen LogP contribution in [0.2, 0.25) is 0 Å². The first kappa shape index (κ1) is 23.0. The number of benzene rings is 2. The van der Waals surface area contributed by atoms with Crippen molar-refractivity contribution >= 4 is 38.9 Å². The molecule has 0 aliphatic carbocycles. The average molecular weight is 470 g/mol. The van der Waals surface area contributed by atoms with E-state index in [9.17, 15) is 22.8 Å². The number of para-hydroxylation sites is 2. The molecule has 2 aromatic carbocycles. The van der Waals surface area contributed by atoms with E-state index in [4.69, 9.17) is 0 Å². The van der Waals surface area contributed by atoms with Crippen molar-refractivity contribution in [1.82, 2.24) is 4.90 Å². The fourth-order valence-corrected chi connectivity index (χ4v) is 5.70. The van der Waals surface area contributed by atoms with Gasteiger partial charge in [-0.05, 0) is 44.0 Å². The Kier molecular flexibility index (Phi) is 6.00. The van der Waals surface area contributed by atoms with Gasteiger partial charge in [0.15, 0.2) is 9.84 Å². The van der Waals surface area contributed by atoms with Crippen LogP contribution in [0.5, 0.6) is 0 Å². The highest BCUT2D eigenvalue weighted by atomic mass is 32.2. The lowest BCUT2D eigenvalue weighted by molar-refractivity contribution is -0.118. The van der Waals surface area contributed by atoms with Crippen molar-refractivity contribution in [3.8, 4) is 0 Å². The first-order chi connectivity index (χ1) is 15.7. The van der Waals surface area contributed by atoms with E-state index in [-0.39, 0.29) is 40.5 Å². The molecule has 1 fully saturated rings. The predicted octanol–water partition coefficient (Wildman–Crippen LogP) is 3.20. The van der Waals surface area contributed by atoms with E-state index >= 15 is 0 Å². The molecule has 0 bridgehead atoms. The van der Waals surface area contributed by atoms with E-state index in [1.807, 2.05) is 13.0 Å². The van der Waals surface area contributed by atoms with Crippen LogP contribution in [-0.2, 0) is 19.4 Å². The number of nitrogens with zero attached hydrogens (tertiary/aromatic N) is 2. The molecule has 2 heterocycles. The molecule has 0 saturated carbocycles. The van der Waals surface area contributed by atoms with Crippen molar-refractivity contribution in [3.05, 3.63) is 54.1 Å². The summed E-state index contributed by atoms with van der Waals surface area (Å²) in [6.45, 7) is 3.74. The van der Waals surface area contributed by atoms with Gasteiger partial charge in [-0.2, -0.15) is 0 Å². The van der Waals surface area contributed by atoms with Gasteiger partial charge in [-0.1, -0.05) is 31.2 Å². The second-order valence-electron chi connectivity index (χ2n) is 8.47. The first-order valence-electron chi connectivity index (χ1n) is 11.0. The summed E-state index contributed by atoms with van der Waals surface area (Å²) in [6.07, 6.45) is 1.37. The van der Waals surface area contributed by atoms with Crippen LogP contribution in [0.4, 0.5) is 11.4 Å². The minimum atomic E-state index is -3.48. The molecule has 1 unspecified atom stereocenters. The summed E-state index contributed by atoms with van der Waals surface area (Å²) in [5.74, 6) is -0.567. The summed E-state index contributed by atoms with van der Waals surface area (Å²) in [5, 5.41) is 2.69. The van der Waals surface area contributed by atoms with E-state index in [0.717, 1.165) is 0 Å². The van der Waals surface area contributed by atoms with Crippen molar-refractivity contribution in [1.29, 1.82) is 0 Å². The molecule has 1 saturated heterocycles. The lowest BCUT2D eigenvalue weighted by Crippen LogP contribution is -2.62. The highest BCUT2D eigenvalue weighted by Gasteiger charge is 2.52. The van der Waals surface area contributed by atoms with Crippen LogP contribution < -0.4 is 10.2 Å². The predicted molar refractivity (Wildman–Crippen MR) is 125 cm³/mol. The first-order valence-corrected chi connectivity index (χ1v) is 12.7. The number of carbonyl (C=O) groups is 3. The van der Waals surface area contributed by atoms with Gasteiger partial charge in [0.1, 0.15) is 5.66 Å². The molecular formula is C24H27N3O5S. The zero-order valence-electron chi connectivity index (χ0n) is 18.7. The standard InChI is InChI=1S/C24H27N3O5S/c1-3-33(31,32)20-12-7-5-10-18(20)25-21(28)13-8-16-26-23(30)17-9-4-6-11-19(17)27-22(29)14-15-24(26,27)2/h4-7,9-12H,3,8,13-16H2,1-2H3,(H,25,28). The van der Waals surface area contributed by atoms with Crippen molar-refractivity contribution in [3.63, 3.8) is 0 Å². The zero-order valence-corrected chi connectivity index (χ0v) is 19.5. The van der Waals surface area contributed by atoms with Crippen molar-refractivity contribution in [2.45, 2.75) is 50.1 Å². The number of fused-ring (bicyclic) bond motifs is 3. The average Bonchev–Trinajstić information content (AvgIpc) is 3.11. The Morgan fingerprint density at radius 3 is 2.55 bits per heavy atom. The third kappa shape index (κ3) is 4.01. The fraction of sp³-hybridized carbons (Fsp3) is 0.375. The summed E-state index contributed by atoms with van der Waals surface area (Å²) < 4.78 is 24.6. The van der Waals surface area contributed by atoms with Gasteiger partial charge in [0, 0.05) is 19.4 Å². The summed E-state index contributed by atoms with van der Waals surface area (Å²) in [7, 11) is -3.48. The van der Waals surface area contributed by atoms with E-state index in [0.29, 0.717) is 37.1 Å². The molecule has 2 aromatic rings. The number of hydrogen-bond donors (Lipinski definition) is 1. The van der Waals surface area contributed by atoms with Crippen LogP contribution >= 0.6 is 0 Å². The maximum absolute atomic E-state index is 13.2. The Labute approximate surface area is 193 Å². The minimum absolute atomic E-state index is 0.0195. The largest absolute Gasteiger partial charge is 0.325 e. The molecule has 0 spiro atoms. The summed E-state index contributed by atoms with van der Waals surface area (Å²) >= 11 is 0. The summed E-state index contributed by atoms with van der Waals surface area (Å²) in [5.41, 5.74) is 0.608. The molecule has 0 aromatic heterocycles. The number of carbonyl (C=O) groups excluding carboxylic acids is 3. The van der Waals surface area contributed by atoms with Gasteiger partial charge < -0.3 is 10.2 Å². The Balaban J connectivity index is 1.47.